The molecule has 3 amide bonds. The van der Waals surface area contributed by atoms with Crippen LogP contribution < -0.4 is 20.7 Å². The zero-order chi connectivity index (χ0) is 21.2. The minimum atomic E-state index is -0.910. The lowest BCUT2D eigenvalue weighted by Crippen LogP contribution is -2.43. The number of para-hydroxylation sites is 1. The zero-order valence-corrected chi connectivity index (χ0v) is 16.4. The summed E-state index contributed by atoms with van der Waals surface area (Å²) < 4.78 is 5.10. The summed E-state index contributed by atoms with van der Waals surface area (Å²) in [5.74, 6) is -1.46. The van der Waals surface area contributed by atoms with Gasteiger partial charge in [0.2, 0.25) is 0 Å². The molecule has 0 saturated carbocycles. The fourth-order valence-corrected chi connectivity index (χ4v) is 2.52. The van der Waals surface area contributed by atoms with Gasteiger partial charge < -0.3 is 25.8 Å². The van der Waals surface area contributed by atoms with Crippen LogP contribution in [0, 0.1) is 0 Å². The molecule has 0 aliphatic heterocycles. The van der Waals surface area contributed by atoms with Crippen molar-refractivity contribution in [3.63, 3.8) is 0 Å². The molecular formula is C21H25N3O5. The van der Waals surface area contributed by atoms with Crippen molar-refractivity contribution in [2.75, 3.05) is 19.0 Å². The Morgan fingerprint density at radius 2 is 1.72 bits per heavy atom. The van der Waals surface area contributed by atoms with Crippen molar-refractivity contribution in [2.24, 2.45) is 0 Å². The van der Waals surface area contributed by atoms with Crippen LogP contribution in [0.3, 0.4) is 0 Å². The molecule has 8 nitrogen and oxygen atoms in total. The lowest BCUT2D eigenvalue weighted by molar-refractivity contribution is -0.136. The van der Waals surface area contributed by atoms with Gasteiger partial charge in [0.15, 0.2) is 0 Å². The first-order valence-electron chi connectivity index (χ1n) is 9.21. The van der Waals surface area contributed by atoms with Crippen molar-refractivity contribution in [1.29, 1.82) is 0 Å². The van der Waals surface area contributed by atoms with E-state index in [0.717, 1.165) is 11.3 Å². The Morgan fingerprint density at radius 1 is 1.03 bits per heavy atom. The summed E-state index contributed by atoms with van der Waals surface area (Å²) in [6.07, 6.45) is 0.486. The SMILES string of the molecule is CC[C@@H](CO)NC(=O)C(=O)Nc1ccccc1C(=O)NCc1ccc(OC)cc1. The van der Waals surface area contributed by atoms with Gasteiger partial charge in [-0.3, -0.25) is 14.4 Å². The fourth-order valence-electron chi connectivity index (χ4n) is 2.52. The van der Waals surface area contributed by atoms with Crippen LogP contribution in [0.15, 0.2) is 48.5 Å². The van der Waals surface area contributed by atoms with Gasteiger partial charge in [-0.2, -0.15) is 0 Å². The van der Waals surface area contributed by atoms with E-state index in [0.29, 0.717) is 13.0 Å². The summed E-state index contributed by atoms with van der Waals surface area (Å²) in [7, 11) is 1.58. The third-order valence-corrected chi connectivity index (χ3v) is 4.29. The molecule has 0 unspecified atom stereocenters. The highest BCUT2D eigenvalue weighted by Crippen LogP contribution is 2.16. The monoisotopic (exact) mass is 399 g/mol. The molecule has 0 fully saturated rings. The number of hydrogen-bond acceptors (Lipinski definition) is 5. The van der Waals surface area contributed by atoms with E-state index in [2.05, 4.69) is 16.0 Å². The summed E-state index contributed by atoms with van der Waals surface area (Å²) in [6.45, 7) is 1.81. The quantitative estimate of drug-likeness (QED) is 0.502. The lowest BCUT2D eigenvalue weighted by Gasteiger charge is -2.15. The van der Waals surface area contributed by atoms with Crippen LogP contribution in [-0.4, -0.2) is 42.6 Å². The van der Waals surface area contributed by atoms with Crippen LogP contribution >= 0.6 is 0 Å². The molecule has 0 aliphatic carbocycles. The molecule has 2 aromatic carbocycles. The number of ether oxygens (including phenoxy) is 1. The second-order valence-corrected chi connectivity index (χ2v) is 6.29. The number of nitrogens with one attached hydrogen (secondary N) is 3. The van der Waals surface area contributed by atoms with Crippen molar-refractivity contribution in [3.05, 3.63) is 59.7 Å². The average molecular weight is 399 g/mol. The van der Waals surface area contributed by atoms with E-state index in [-0.39, 0.29) is 23.8 Å². The van der Waals surface area contributed by atoms with Crippen LogP contribution in [0.2, 0.25) is 0 Å². The number of benzene rings is 2. The van der Waals surface area contributed by atoms with Gasteiger partial charge in [0.25, 0.3) is 5.91 Å². The molecule has 0 aliphatic rings. The minimum Gasteiger partial charge on any atom is -0.497 e. The van der Waals surface area contributed by atoms with Gasteiger partial charge in [-0.05, 0) is 36.2 Å². The van der Waals surface area contributed by atoms with Crippen LogP contribution in [-0.2, 0) is 16.1 Å². The highest BCUT2D eigenvalue weighted by atomic mass is 16.5. The lowest BCUT2D eigenvalue weighted by atomic mass is 10.1. The van der Waals surface area contributed by atoms with Gasteiger partial charge in [0.05, 0.1) is 31.0 Å². The molecular weight excluding hydrogens is 374 g/mol. The predicted octanol–water partition coefficient (Wildman–Crippen LogP) is 1.45. The highest BCUT2D eigenvalue weighted by molar-refractivity contribution is 6.40. The number of methoxy groups -OCH3 is 1. The number of carbonyl (C=O) groups is 3. The molecule has 2 aromatic rings. The third kappa shape index (κ3) is 6.32. The number of carbonyl (C=O) groups excluding carboxylic acids is 3. The Balaban J connectivity index is 2.02. The first-order valence-corrected chi connectivity index (χ1v) is 9.21. The zero-order valence-electron chi connectivity index (χ0n) is 16.4. The number of aliphatic hydroxyl groups is 1. The second kappa shape index (κ2) is 10.8. The Morgan fingerprint density at radius 3 is 2.34 bits per heavy atom. The molecule has 154 valence electrons. The summed E-state index contributed by atoms with van der Waals surface area (Å²) in [5.41, 5.74) is 1.34. The number of anilines is 1. The summed E-state index contributed by atoms with van der Waals surface area (Å²) in [5, 5.41) is 16.8. The largest absolute Gasteiger partial charge is 0.497 e. The third-order valence-electron chi connectivity index (χ3n) is 4.29. The van der Waals surface area contributed by atoms with Crippen LogP contribution in [0.5, 0.6) is 5.75 Å². The fraction of sp³-hybridized carbons (Fsp3) is 0.286. The molecule has 0 radical (unpaired) electrons. The van der Waals surface area contributed by atoms with Crippen molar-refractivity contribution >= 4 is 23.4 Å². The van der Waals surface area contributed by atoms with Crippen LogP contribution in [0.4, 0.5) is 5.69 Å². The highest BCUT2D eigenvalue weighted by Gasteiger charge is 2.20. The van der Waals surface area contributed by atoms with Crippen LogP contribution in [0.25, 0.3) is 0 Å². The maximum Gasteiger partial charge on any atom is 0.313 e. The predicted molar refractivity (Wildman–Crippen MR) is 109 cm³/mol. The summed E-state index contributed by atoms with van der Waals surface area (Å²) >= 11 is 0. The standard InChI is InChI=1S/C21H25N3O5/c1-3-15(13-25)23-20(27)21(28)24-18-7-5-4-6-17(18)19(26)22-12-14-8-10-16(29-2)11-9-14/h4-11,15,25H,3,12-13H2,1-2H3,(H,22,26)(H,23,27)(H,24,28)/t15-/m0/s1. The summed E-state index contributed by atoms with van der Waals surface area (Å²) in [6, 6.07) is 13.2. The Hall–Kier alpha value is -3.39. The molecule has 0 aromatic heterocycles. The molecule has 0 heterocycles. The number of amides is 3. The van der Waals surface area contributed by atoms with E-state index < -0.39 is 17.9 Å². The van der Waals surface area contributed by atoms with Gasteiger partial charge in [-0.15, -0.1) is 0 Å². The number of hydrogen-bond donors (Lipinski definition) is 4. The Kier molecular flexibility index (Phi) is 8.17. The second-order valence-electron chi connectivity index (χ2n) is 6.29. The summed E-state index contributed by atoms with van der Waals surface area (Å²) in [4.78, 5) is 36.7. The van der Waals surface area contributed by atoms with Crippen molar-refractivity contribution in [1.82, 2.24) is 10.6 Å². The molecule has 29 heavy (non-hydrogen) atoms. The van der Waals surface area contributed by atoms with Gasteiger partial charge in [0, 0.05) is 6.54 Å². The van der Waals surface area contributed by atoms with Gasteiger partial charge >= 0.3 is 11.8 Å². The van der Waals surface area contributed by atoms with E-state index in [1.807, 2.05) is 12.1 Å². The Labute approximate surface area is 169 Å². The van der Waals surface area contributed by atoms with Crippen molar-refractivity contribution in [3.8, 4) is 5.75 Å². The first kappa shape index (κ1) is 21.9. The van der Waals surface area contributed by atoms with Gasteiger partial charge in [-0.1, -0.05) is 31.2 Å². The minimum absolute atomic E-state index is 0.219. The molecule has 0 bridgehead atoms. The maximum atomic E-state index is 12.6. The molecule has 8 heteroatoms. The van der Waals surface area contributed by atoms with E-state index in [1.54, 1.807) is 44.4 Å². The van der Waals surface area contributed by atoms with E-state index in [4.69, 9.17) is 9.84 Å². The van der Waals surface area contributed by atoms with Gasteiger partial charge in [-0.25, -0.2) is 0 Å². The van der Waals surface area contributed by atoms with E-state index in [9.17, 15) is 14.4 Å². The van der Waals surface area contributed by atoms with Crippen molar-refractivity contribution in [2.45, 2.75) is 25.9 Å². The van der Waals surface area contributed by atoms with E-state index >= 15 is 0 Å². The Bertz CT molecular complexity index is 848. The number of rotatable bonds is 8. The van der Waals surface area contributed by atoms with Crippen molar-refractivity contribution < 1.29 is 24.2 Å². The molecule has 0 saturated heterocycles. The first-order chi connectivity index (χ1) is 14.0. The normalized spacial score (nSPS) is 11.3. The van der Waals surface area contributed by atoms with E-state index in [1.165, 1.54) is 6.07 Å². The number of aliphatic hydroxyl groups excluding tert-OH is 1. The molecule has 1 atom stereocenters. The topological polar surface area (TPSA) is 117 Å². The average Bonchev–Trinajstić information content (AvgIpc) is 2.76. The maximum absolute atomic E-state index is 12.6. The molecule has 0 spiro atoms. The van der Waals surface area contributed by atoms with Crippen LogP contribution in [0.1, 0.15) is 29.3 Å². The molecule has 4 N–H and O–H groups in total. The smallest absolute Gasteiger partial charge is 0.313 e. The van der Waals surface area contributed by atoms with Gasteiger partial charge in [0.1, 0.15) is 5.75 Å². The molecule has 2 rings (SSSR count).